The van der Waals surface area contributed by atoms with Crippen LogP contribution in [0.2, 0.25) is 5.15 Å². The molecule has 1 aromatic carbocycles. The number of nitriles is 3. The van der Waals surface area contributed by atoms with Gasteiger partial charge in [0, 0.05) is 0 Å². The van der Waals surface area contributed by atoms with Crippen LogP contribution in [0.1, 0.15) is 28.0 Å². The van der Waals surface area contributed by atoms with E-state index in [9.17, 15) is 5.26 Å². The van der Waals surface area contributed by atoms with Crippen LogP contribution >= 0.6 is 22.9 Å². The van der Waals surface area contributed by atoms with E-state index in [0.29, 0.717) is 5.01 Å². The second-order valence-electron chi connectivity index (χ2n) is 4.40. The third-order valence-corrected chi connectivity index (χ3v) is 4.43. The molecule has 0 amide bonds. The van der Waals surface area contributed by atoms with Crippen molar-refractivity contribution < 1.29 is 0 Å². The molecule has 1 atom stereocenters. The molecule has 0 saturated carbocycles. The average molecular weight is 337 g/mol. The maximum absolute atomic E-state index is 9.51. The number of hydrogen-bond donors (Lipinski definition) is 0. The van der Waals surface area contributed by atoms with Crippen molar-refractivity contribution in [3.63, 3.8) is 0 Å². The van der Waals surface area contributed by atoms with Crippen molar-refractivity contribution in [2.45, 2.75) is 5.92 Å². The highest BCUT2D eigenvalue weighted by molar-refractivity contribution is 7.18. The fourth-order valence-corrected chi connectivity index (χ4v) is 3.27. The van der Waals surface area contributed by atoms with Gasteiger partial charge in [0.15, 0.2) is 16.5 Å². The van der Waals surface area contributed by atoms with E-state index >= 15 is 0 Å². The van der Waals surface area contributed by atoms with Crippen LogP contribution in [0.25, 0.3) is 10.2 Å². The van der Waals surface area contributed by atoms with Crippen LogP contribution in [0, 0.1) is 34.0 Å². The Morgan fingerprint density at radius 2 is 1.70 bits per heavy atom. The van der Waals surface area contributed by atoms with Gasteiger partial charge in [-0.2, -0.15) is 15.8 Å². The molecule has 2 aromatic heterocycles. The van der Waals surface area contributed by atoms with Crippen molar-refractivity contribution in [1.82, 2.24) is 15.0 Å². The fraction of sp³-hybridized carbons (Fsp3) is 0.0667. The van der Waals surface area contributed by atoms with E-state index in [1.807, 2.05) is 24.3 Å². The van der Waals surface area contributed by atoms with Crippen LogP contribution in [0.3, 0.4) is 0 Å². The monoisotopic (exact) mass is 336 g/mol. The summed E-state index contributed by atoms with van der Waals surface area (Å²) in [6, 6.07) is 13.1. The number of hydrogen-bond acceptors (Lipinski definition) is 7. The zero-order valence-corrected chi connectivity index (χ0v) is 12.9. The lowest BCUT2D eigenvalue weighted by atomic mass is 10.1. The van der Waals surface area contributed by atoms with Gasteiger partial charge in [-0.1, -0.05) is 23.7 Å². The number of benzene rings is 1. The van der Waals surface area contributed by atoms with Crippen molar-refractivity contribution in [2.24, 2.45) is 0 Å². The summed E-state index contributed by atoms with van der Waals surface area (Å²) >= 11 is 7.40. The van der Waals surface area contributed by atoms with Gasteiger partial charge >= 0.3 is 0 Å². The second kappa shape index (κ2) is 5.98. The number of fused-ring (bicyclic) bond motifs is 1. The van der Waals surface area contributed by atoms with E-state index in [1.165, 1.54) is 11.3 Å². The van der Waals surface area contributed by atoms with Crippen molar-refractivity contribution in [3.05, 3.63) is 51.5 Å². The van der Waals surface area contributed by atoms with E-state index in [1.54, 1.807) is 12.1 Å². The van der Waals surface area contributed by atoms with Gasteiger partial charge in [0.05, 0.1) is 16.3 Å². The van der Waals surface area contributed by atoms with E-state index in [4.69, 9.17) is 22.1 Å². The molecule has 0 aliphatic carbocycles. The van der Waals surface area contributed by atoms with E-state index in [-0.39, 0.29) is 22.2 Å². The summed E-state index contributed by atoms with van der Waals surface area (Å²) in [6.07, 6.45) is 0. The summed E-state index contributed by atoms with van der Waals surface area (Å²) in [6.45, 7) is 0. The van der Waals surface area contributed by atoms with E-state index in [0.717, 1.165) is 10.2 Å². The third-order valence-electron chi connectivity index (χ3n) is 3.05. The Labute approximate surface area is 139 Å². The van der Waals surface area contributed by atoms with Gasteiger partial charge in [0.2, 0.25) is 0 Å². The van der Waals surface area contributed by atoms with Crippen LogP contribution in [-0.2, 0) is 0 Å². The number of nitrogens with zero attached hydrogens (tertiary/aromatic N) is 6. The first-order valence-corrected chi connectivity index (χ1v) is 7.50. The Kier molecular flexibility index (Phi) is 3.87. The van der Waals surface area contributed by atoms with Crippen LogP contribution in [0.15, 0.2) is 24.3 Å². The van der Waals surface area contributed by atoms with Gasteiger partial charge < -0.3 is 0 Å². The first-order chi connectivity index (χ1) is 11.2. The Morgan fingerprint density at radius 1 is 1.00 bits per heavy atom. The van der Waals surface area contributed by atoms with Crippen LogP contribution < -0.4 is 0 Å². The summed E-state index contributed by atoms with van der Waals surface area (Å²) in [5.74, 6) is -0.854. The predicted molar refractivity (Wildman–Crippen MR) is 83.5 cm³/mol. The van der Waals surface area contributed by atoms with Crippen molar-refractivity contribution >= 4 is 33.2 Å². The SMILES string of the molecule is N#Cc1nc(Cl)c(C(C#N)c2nc3ccccc3s2)nc1C#N. The lowest BCUT2D eigenvalue weighted by Gasteiger charge is -2.07. The average Bonchev–Trinajstić information content (AvgIpc) is 3.00. The molecule has 3 aromatic rings. The van der Waals surface area contributed by atoms with Crippen molar-refractivity contribution in [3.8, 4) is 18.2 Å². The molecule has 0 aliphatic rings. The molecule has 2 heterocycles. The zero-order chi connectivity index (χ0) is 16.4. The minimum absolute atomic E-state index is 0.0774. The molecular formula is C15H5ClN6S. The molecule has 1 unspecified atom stereocenters. The molecule has 0 spiro atoms. The first-order valence-electron chi connectivity index (χ1n) is 6.30. The molecule has 0 aliphatic heterocycles. The summed E-state index contributed by atoms with van der Waals surface area (Å²) in [5.41, 5.74) is 0.574. The molecule has 0 bridgehead atoms. The highest BCUT2D eigenvalue weighted by atomic mass is 35.5. The van der Waals surface area contributed by atoms with Crippen molar-refractivity contribution in [1.29, 1.82) is 15.8 Å². The summed E-state index contributed by atoms with van der Waals surface area (Å²) < 4.78 is 0.931. The molecule has 3 rings (SSSR count). The largest absolute Gasteiger partial charge is 0.239 e. The molecule has 23 heavy (non-hydrogen) atoms. The molecule has 0 fully saturated rings. The lowest BCUT2D eigenvalue weighted by molar-refractivity contribution is 0.920. The van der Waals surface area contributed by atoms with E-state index in [2.05, 4.69) is 21.0 Å². The van der Waals surface area contributed by atoms with E-state index < -0.39 is 5.92 Å². The fourth-order valence-electron chi connectivity index (χ4n) is 2.01. The Bertz CT molecular complexity index is 1000. The van der Waals surface area contributed by atoms with Crippen LogP contribution in [-0.4, -0.2) is 15.0 Å². The number of rotatable bonds is 2. The Hall–Kier alpha value is -3.05. The molecule has 8 heteroatoms. The van der Waals surface area contributed by atoms with Gasteiger partial charge in [-0.3, -0.25) is 0 Å². The molecule has 0 saturated heterocycles. The van der Waals surface area contributed by atoms with Crippen molar-refractivity contribution in [2.75, 3.05) is 0 Å². The van der Waals surface area contributed by atoms with Gasteiger partial charge in [0.25, 0.3) is 0 Å². The number of thiazole rings is 1. The van der Waals surface area contributed by atoms with Crippen LogP contribution in [0.5, 0.6) is 0 Å². The normalized spacial score (nSPS) is 11.4. The van der Waals surface area contributed by atoms with Gasteiger partial charge in [0.1, 0.15) is 28.8 Å². The number of aromatic nitrogens is 3. The molecular weight excluding hydrogens is 332 g/mol. The minimum atomic E-state index is -0.854. The van der Waals surface area contributed by atoms with Gasteiger partial charge in [-0.25, -0.2) is 15.0 Å². The molecule has 0 radical (unpaired) electrons. The maximum atomic E-state index is 9.51. The van der Waals surface area contributed by atoms with Crippen LogP contribution in [0.4, 0.5) is 0 Å². The Balaban J connectivity index is 2.17. The number of para-hydroxylation sites is 1. The minimum Gasteiger partial charge on any atom is -0.239 e. The smallest absolute Gasteiger partial charge is 0.178 e. The zero-order valence-electron chi connectivity index (χ0n) is 11.4. The predicted octanol–water partition coefficient (Wildman–Crippen LogP) is 3.14. The lowest BCUT2D eigenvalue weighted by Crippen LogP contribution is -2.07. The molecule has 6 nitrogen and oxygen atoms in total. The van der Waals surface area contributed by atoms with Gasteiger partial charge in [-0.05, 0) is 12.1 Å². The highest BCUT2D eigenvalue weighted by Crippen LogP contribution is 2.33. The second-order valence-corrected chi connectivity index (χ2v) is 5.82. The third kappa shape index (κ3) is 2.58. The Morgan fingerprint density at radius 3 is 2.35 bits per heavy atom. The molecule has 108 valence electrons. The summed E-state index contributed by atoms with van der Waals surface area (Å²) in [5, 5.41) is 27.9. The highest BCUT2D eigenvalue weighted by Gasteiger charge is 2.25. The maximum Gasteiger partial charge on any atom is 0.178 e. The summed E-state index contributed by atoms with van der Waals surface area (Å²) in [7, 11) is 0. The summed E-state index contributed by atoms with van der Waals surface area (Å²) in [4.78, 5) is 12.3. The molecule has 0 N–H and O–H groups in total. The van der Waals surface area contributed by atoms with Gasteiger partial charge in [-0.15, -0.1) is 11.3 Å². The quantitative estimate of drug-likeness (QED) is 0.710. The standard InChI is InChI=1S/C15H5ClN6S/c16-14-13(20-10(6-18)11(7-19)21-14)8(5-17)15-22-9-3-1-2-4-12(9)23-15/h1-4,8H. The first kappa shape index (κ1) is 14.9. The number of halogens is 1. The topological polar surface area (TPSA) is 110 Å².